The molecule has 0 aliphatic carbocycles. The van der Waals surface area contributed by atoms with E-state index in [-0.39, 0.29) is 0 Å². The molecule has 0 aliphatic rings. The Kier molecular flexibility index (Phi) is 5.34. The molecule has 0 radical (unpaired) electrons. The van der Waals surface area contributed by atoms with E-state index in [4.69, 9.17) is 4.52 Å². The predicted octanol–water partition coefficient (Wildman–Crippen LogP) is 5.74. The Balaban J connectivity index is 2.16. The minimum Gasteiger partial charge on any atom is -0.435 e. The van der Waals surface area contributed by atoms with Gasteiger partial charge in [-0.05, 0) is 63.1 Å². The Morgan fingerprint density at radius 2 is 1.33 bits per heavy atom. The number of aryl methyl sites for hydroxylation is 4. The topological polar surface area (TPSA) is 43.4 Å². The molecular formula is C23H23O3P. The summed E-state index contributed by atoms with van der Waals surface area (Å²) in [5.74, 6) is 0.414. The third-order valence-corrected chi connectivity index (χ3v) is 6.71. The van der Waals surface area contributed by atoms with Gasteiger partial charge in [-0.15, -0.1) is 0 Å². The van der Waals surface area contributed by atoms with Crippen LogP contribution in [-0.2, 0) is 4.57 Å². The fraction of sp³-hybridized carbons (Fsp3) is 0.174. The van der Waals surface area contributed by atoms with Crippen LogP contribution in [0.15, 0.2) is 66.7 Å². The summed E-state index contributed by atoms with van der Waals surface area (Å²) < 4.78 is 19.9. The number of rotatable bonds is 5. The van der Waals surface area contributed by atoms with E-state index >= 15 is 0 Å². The first-order valence-electron chi connectivity index (χ1n) is 8.86. The number of hydrogen-bond donors (Lipinski definition) is 0. The summed E-state index contributed by atoms with van der Waals surface area (Å²) in [5, 5.41) is 0.404. The van der Waals surface area contributed by atoms with Crippen LogP contribution in [0.1, 0.15) is 32.6 Å². The lowest BCUT2D eigenvalue weighted by molar-refractivity contribution is 0.106. The van der Waals surface area contributed by atoms with E-state index < -0.39 is 12.9 Å². The maximum atomic E-state index is 14.0. The molecule has 27 heavy (non-hydrogen) atoms. The zero-order chi connectivity index (χ0) is 19.6. The molecule has 0 fully saturated rings. The van der Waals surface area contributed by atoms with Gasteiger partial charge in [-0.3, -0.25) is 9.36 Å². The van der Waals surface area contributed by atoms with Crippen molar-refractivity contribution in [2.45, 2.75) is 27.7 Å². The second-order valence-electron chi connectivity index (χ2n) is 6.87. The van der Waals surface area contributed by atoms with Gasteiger partial charge in [-0.25, -0.2) is 0 Å². The van der Waals surface area contributed by atoms with Gasteiger partial charge in [0.25, 0.3) is 5.52 Å². The lowest BCUT2D eigenvalue weighted by Gasteiger charge is -2.21. The number of para-hydroxylation sites is 1. The van der Waals surface area contributed by atoms with Crippen molar-refractivity contribution in [2.75, 3.05) is 0 Å². The maximum Gasteiger partial charge on any atom is 0.346 e. The molecule has 3 aromatic carbocycles. The summed E-state index contributed by atoms with van der Waals surface area (Å²) in [4.78, 5) is 13.5. The van der Waals surface area contributed by atoms with Crippen LogP contribution in [0.2, 0.25) is 0 Å². The molecule has 0 aliphatic heterocycles. The average Bonchev–Trinajstić information content (AvgIpc) is 2.62. The quantitative estimate of drug-likeness (QED) is 0.532. The SMILES string of the molecule is Cc1ccc(P(=O)(Oc2ccccc2)C(=O)c2c(C)cc(C)cc2C)cc1. The molecule has 0 spiro atoms. The zero-order valence-corrected chi connectivity index (χ0v) is 16.9. The van der Waals surface area contributed by atoms with E-state index in [1.165, 1.54) is 0 Å². The minimum absolute atomic E-state index is 0.404. The van der Waals surface area contributed by atoms with Crippen LogP contribution in [0.4, 0.5) is 0 Å². The van der Waals surface area contributed by atoms with Gasteiger partial charge in [0.2, 0.25) is 0 Å². The molecule has 0 N–H and O–H groups in total. The van der Waals surface area contributed by atoms with Crippen molar-refractivity contribution in [1.82, 2.24) is 0 Å². The van der Waals surface area contributed by atoms with Crippen molar-refractivity contribution in [3.63, 3.8) is 0 Å². The molecule has 3 nitrogen and oxygen atoms in total. The van der Waals surface area contributed by atoms with Gasteiger partial charge in [0.1, 0.15) is 5.75 Å². The first kappa shape index (κ1) is 19.1. The van der Waals surface area contributed by atoms with Gasteiger partial charge >= 0.3 is 7.37 Å². The van der Waals surface area contributed by atoms with Crippen LogP contribution in [0.5, 0.6) is 5.75 Å². The lowest BCUT2D eigenvalue weighted by atomic mass is 10.0. The molecule has 1 unspecified atom stereocenters. The lowest BCUT2D eigenvalue weighted by Crippen LogP contribution is -2.19. The first-order valence-corrected chi connectivity index (χ1v) is 10.5. The third-order valence-electron chi connectivity index (χ3n) is 4.51. The Morgan fingerprint density at radius 1 is 0.778 bits per heavy atom. The fourth-order valence-corrected chi connectivity index (χ4v) is 5.28. The van der Waals surface area contributed by atoms with E-state index in [0.717, 1.165) is 22.3 Å². The van der Waals surface area contributed by atoms with Crippen LogP contribution in [-0.4, -0.2) is 5.52 Å². The average molecular weight is 378 g/mol. The molecule has 1 atom stereocenters. The highest BCUT2D eigenvalue weighted by Crippen LogP contribution is 2.50. The van der Waals surface area contributed by atoms with E-state index in [0.29, 0.717) is 16.6 Å². The molecule has 3 aromatic rings. The van der Waals surface area contributed by atoms with Crippen molar-refractivity contribution in [3.05, 3.63) is 94.5 Å². The highest BCUT2D eigenvalue weighted by atomic mass is 31.2. The molecule has 0 bridgehead atoms. The van der Waals surface area contributed by atoms with E-state index in [1.54, 1.807) is 36.4 Å². The maximum absolute atomic E-state index is 14.0. The minimum atomic E-state index is -3.83. The highest BCUT2D eigenvalue weighted by molar-refractivity contribution is 7.83. The predicted molar refractivity (Wildman–Crippen MR) is 110 cm³/mol. The summed E-state index contributed by atoms with van der Waals surface area (Å²) in [6, 6.07) is 19.8. The number of carbonyl (C=O) groups is 1. The second kappa shape index (κ2) is 7.54. The molecule has 0 amide bonds. The summed E-state index contributed by atoms with van der Waals surface area (Å²) in [5.41, 5.74) is 3.71. The van der Waals surface area contributed by atoms with E-state index in [9.17, 15) is 9.36 Å². The van der Waals surface area contributed by atoms with Crippen molar-refractivity contribution in [1.29, 1.82) is 0 Å². The van der Waals surface area contributed by atoms with E-state index in [1.807, 2.05) is 58.0 Å². The molecular weight excluding hydrogens is 355 g/mol. The highest BCUT2D eigenvalue weighted by Gasteiger charge is 2.39. The summed E-state index contributed by atoms with van der Waals surface area (Å²) in [6.45, 7) is 7.67. The Labute approximate surface area is 160 Å². The molecule has 0 saturated carbocycles. The van der Waals surface area contributed by atoms with Gasteiger partial charge in [-0.1, -0.05) is 53.6 Å². The monoisotopic (exact) mass is 378 g/mol. The van der Waals surface area contributed by atoms with Crippen molar-refractivity contribution in [3.8, 4) is 5.75 Å². The molecule has 4 heteroatoms. The zero-order valence-electron chi connectivity index (χ0n) is 16.0. The largest absolute Gasteiger partial charge is 0.435 e. The molecule has 0 aromatic heterocycles. The van der Waals surface area contributed by atoms with Crippen LogP contribution in [0, 0.1) is 27.7 Å². The van der Waals surface area contributed by atoms with Gasteiger partial charge in [0.05, 0.1) is 5.30 Å². The summed E-state index contributed by atoms with van der Waals surface area (Å²) >= 11 is 0. The van der Waals surface area contributed by atoms with Crippen LogP contribution >= 0.6 is 7.37 Å². The van der Waals surface area contributed by atoms with Crippen LogP contribution in [0.3, 0.4) is 0 Å². The normalized spacial score (nSPS) is 13.0. The number of benzene rings is 3. The number of carbonyl (C=O) groups excluding carboxylic acids is 1. The van der Waals surface area contributed by atoms with Gasteiger partial charge < -0.3 is 4.52 Å². The molecule has 138 valence electrons. The number of hydrogen-bond acceptors (Lipinski definition) is 3. The Morgan fingerprint density at radius 3 is 1.89 bits per heavy atom. The van der Waals surface area contributed by atoms with Crippen molar-refractivity contribution >= 4 is 18.2 Å². The third kappa shape index (κ3) is 3.89. The summed E-state index contributed by atoms with van der Waals surface area (Å²) in [7, 11) is -3.83. The van der Waals surface area contributed by atoms with Crippen LogP contribution in [0.25, 0.3) is 0 Å². The standard InChI is InChI=1S/C23H23O3P/c1-16-10-12-21(13-11-16)27(25,26-20-8-6-5-7-9-20)23(24)22-18(3)14-17(2)15-19(22)4/h5-15H,1-4H3. The van der Waals surface area contributed by atoms with Gasteiger partial charge in [0.15, 0.2) is 0 Å². The Bertz CT molecular complexity index is 998. The molecule has 0 heterocycles. The smallest absolute Gasteiger partial charge is 0.346 e. The molecule has 0 saturated heterocycles. The van der Waals surface area contributed by atoms with Crippen molar-refractivity contribution < 1.29 is 13.9 Å². The van der Waals surface area contributed by atoms with E-state index in [2.05, 4.69) is 0 Å². The Hall–Kier alpha value is -2.64. The fourth-order valence-electron chi connectivity index (χ4n) is 3.25. The van der Waals surface area contributed by atoms with Gasteiger partial charge in [0, 0.05) is 5.56 Å². The summed E-state index contributed by atoms with van der Waals surface area (Å²) in [6.07, 6.45) is 0. The van der Waals surface area contributed by atoms with Crippen molar-refractivity contribution in [2.24, 2.45) is 0 Å². The van der Waals surface area contributed by atoms with Gasteiger partial charge in [-0.2, -0.15) is 0 Å². The van der Waals surface area contributed by atoms with Crippen LogP contribution < -0.4 is 9.83 Å². The first-order chi connectivity index (χ1) is 12.8. The second-order valence-corrected chi connectivity index (χ2v) is 9.08. The molecule has 3 rings (SSSR count).